The molecule has 0 heterocycles. The third-order valence-corrected chi connectivity index (χ3v) is 2.87. The van der Waals surface area contributed by atoms with E-state index in [0.717, 1.165) is 12.3 Å². The van der Waals surface area contributed by atoms with E-state index in [-0.39, 0.29) is 0 Å². The lowest BCUT2D eigenvalue weighted by molar-refractivity contribution is -0.132. The van der Waals surface area contributed by atoms with Crippen LogP contribution in [0.25, 0.3) is 0 Å². The van der Waals surface area contributed by atoms with Gasteiger partial charge in [-0.3, -0.25) is 0 Å². The molecule has 13 heavy (non-hydrogen) atoms. The van der Waals surface area contributed by atoms with Gasteiger partial charge < -0.3 is 5.11 Å². The summed E-state index contributed by atoms with van der Waals surface area (Å²) in [5, 5.41) is 8.57. The summed E-state index contributed by atoms with van der Waals surface area (Å²) >= 11 is 0. The second kappa shape index (κ2) is 5.05. The maximum absolute atomic E-state index is 10.4. The summed E-state index contributed by atoms with van der Waals surface area (Å²) in [5.41, 5.74) is 0.359. The molecule has 74 valence electrons. The average Bonchev–Trinajstić information content (AvgIpc) is 2.56. The molecule has 0 amide bonds. The topological polar surface area (TPSA) is 37.3 Å². The molecule has 0 spiro atoms. The van der Waals surface area contributed by atoms with Crippen LogP contribution in [0.4, 0.5) is 0 Å². The number of hydrogen-bond donors (Lipinski definition) is 1. The van der Waals surface area contributed by atoms with Gasteiger partial charge in [-0.2, -0.15) is 0 Å². The van der Waals surface area contributed by atoms with Gasteiger partial charge >= 0.3 is 5.97 Å². The molecule has 1 rings (SSSR count). The van der Waals surface area contributed by atoms with E-state index in [1.54, 1.807) is 0 Å². The third kappa shape index (κ3) is 3.62. The Morgan fingerprint density at radius 2 is 2.00 bits per heavy atom. The molecule has 0 unspecified atom stereocenters. The largest absolute Gasteiger partial charge is 0.478 e. The Kier molecular flexibility index (Phi) is 4.00. The molecule has 1 aliphatic rings. The smallest absolute Gasteiger partial charge is 0.330 e. The van der Waals surface area contributed by atoms with Crippen molar-refractivity contribution in [3.8, 4) is 0 Å². The Balaban J connectivity index is 2.06. The van der Waals surface area contributed by atoms with Crippen LogP contribution in [-0.4, -0.2) is 11.1 Å². The lowest BCUT2D eigenvalue weighted by Gasteiger charge is -2.07. The van der Waals surface area contributed by atoms with Crippen molar-refractivity contribution in [3.05, 3.63) is 12.2 Å². The van der Waals surface area contributed by atoms with E-state index in [1.165, 1.54) is 32.1 Å². The van der Waals surface area contributed by atoms with Gasteiger partial charge in [0.15, 0.2) is 0 Å². The number of carboxylic acid groups (broad SMARTS) is 1. The molecular formula is C11H18O2. The summed E-state index contributed by atoms with van der Waals surface area (Å²) in [6.45, 7) is 3.52. The highest BCUT2D eigenvalue weighted by molar-refractivity contribution is 5.85. The van der Waals surface area contributed by atoms with Gasteiger partial charge in [0.2, 0.25) is 0 Å². The molecule has 0 aliphatic heterocycles. The van der Waals surface area contributed by atoms with Crippen molar-refractivity contribution in [3.63, 3.8) is 0 Å². The van der Waals surface area contributed by atoms with E-state index in [4.69, 9.17) is 5.11 Å². The molecular weight excluding hydrogens is 164 g/mol. The summed E-state index contributed by atoms with van der Waals surface area (Å²) in [4.78, 5) is 10.4. The third-order valence-electron chi connectivity index (χ3n) is 2.87. The van der Waals surface area contributed by atoms with Gasteiger partial charge in [0, 0.05) is 5.57 Å². The van der Waals surface area contributed by atoms with Crippen molar-refractivity contribution >= 4 is 5.97 Å². The Morgan fingerprint density at radius 1 is 1.38 bits per heavy atom. The first-order valence-corrected chi connectivity index (χ1v) is 5.11. The first-order valence-electron chi connectivity index (χ1n) is 5.11. The molecule has 0 aromatic carbocycles. The monoisotopic (exact) mass is 182 g/mol. The van der Waals surface area contributed by atoms with Crippen LogP contribution in [-0.2, 0) is 4.79 Å². The summed E-state index contributed by atoms with van der Waals surface area (Å²) in [7, 11) is 0. The molecule has 0 aromatic rings. The minimum atomic E-state index is -0.841. The maximum Gasteiger partial charge on any atom is 0.330 e. The number of hydrogen-bond acceptors (Lipinski definition) is 1. The maximum atomic E-state index is 10.4. The number of carboxylic acids is 1. The van der Waals surface area contributed by atoms with Gasteiger partial charge in [-0.05, 0) is 18.8 Å². The zero-order valence-electron chi connectivity index (χ0n) is 8.09. The Bertz CT molecular complexity index is 190. The second-order valence-corrected chi connectivity index (χ2v) is 3.95. The normalized spacial score (nSPS) is 17.5. The van der Waals surface area contributed by atoms with Crippen molar-refractivity contribution in [1.29, 1.82) is 0 Å². The standard InChI is InChI=1S/C11H18O2/c1-9(11(12)13)5-4-8-10-6-2-3-7-10/h10H,1-8H2,(H,12,13). The molecule has 0 bridgehead atoms. The zero-order chi connectivity index (χ0) is 9.68. The quantitative estimate of drug-likeness (QED) is 0.664. The minimum absolute atomic E-state index is 0.359. The Morgan fingerprint density at radius 3 is 2.54 bits per heavy atom. The Hall–Kier alpha value is -0.790. The SMILES string of the molecule is C=C(CCCC1CCCC1)C(=O)O. The summed E-state index contributed by atoms with van der Waals surface area (Å²) < 4.78 is 0. The van der Waals surface area contributed by atoms with Crippen LogP contribution in [0.2, 0.25) is 0 Å². The van der Waals surface area contributed by atoms with Crippen molar-refractivity contribution in [2.45, 2.75) is 44.9 Å². The lowest BCUT2D eigenvalue weighted by Crippen LogP contribution is -2.00. The van der Waals surface area contributed by atoms with Crippen LogP contribution in [0.15, 0.2) is 12.2 Å². The number of aliphatic carboxylic acids is 1. The predicted octanol–water partition coefficient (Wildman–Crippen LogP) is 2.99. The Labute approximate surface area is 79.6 Å². The zero-order valence-corrected chi connectivity index (χ0v) is 8.09. The van der Waals surface area contributed by atoms with Crippen molar-refractivity contribution in [2.75, 3.05) is 0 Å². The van der Waals surface area contributed by atoms with Gasteiger partial charge in [-0.1, -0.05) is 38.7 Å². The van der Waals surface area contributed by atoms with Gasteiger partial charge in [-0.15, -0.1) is 0 Å². The van der Waals surface area contributed by atoms with Gasteiger partial charge in [0.1, 0.15) is 0 Å². The van der Waals surface area contributed by atoms with Gasteiger partial charge in [0.05, 0.1) is 0 Å². The van der Waals surface area contributed by atoms with Crippen LogP contribution >= 0.6 is 0 Å². The number of rotatable bonds is 5. The first kappa shape index (κ1) is 10.3. The molecule has 1 N–H and O–H groups in total. The summed E-state index contributed by atoms with van der Waals surface area (Å²) in [6, 6.07) is 0. The molecule has 0 aromatic heterocycles. The molecule has 0 saturated heterocycles. The molecule has 1 aliphatic carbocycles. The van der Waals surface area contributed by atoms with Crippen molar-refractivity contribution in [2.24, 2.45) is 5.92 Å². The fourth-order valence-electron chi connectivity index (χ4n) is 2.01. The van der Waals surface area contributed by atoms with E-state index in [9.17, 15) is 4.79 Å². The van der Waals surface area contributed by atoms with E-state index in [1.807, 2.05) is 0 Å². The van der Waals surface area contributed by atoms with Crippen LogP contribution in [0.3, 0.4) is 0 Å². The van der Waals surface area contributed by atoms with Crippen LogP contribution in [0.5, 0.6) is 0 Å². The first-order chi connectivity index (χ1) is 6.20. The lowest BCUT2D eigenvalue weighted by atomic mass is 9.99. The fraction of sp³-hybridized carbons (Fsp3) is 0.727. The van der Waals surface area contributed by atoms with E-state index < -0.39 is 5.97 Å². The van der Waals surface area contributed by atoms with E-state index >= 15 is 0 Å². The van der Waals surface area contributed by atoms with Crippen molar-refractivity contribution in [1.82, 2.24) is 0 Å². The molecule has 2 heteroatoms. The van der Waals surface area contributed by atoms with Gasteiger partial charge in [-0.25, -0.2) is 4.79 Å². The predicted molar refractivity (Wildman–Crippen MR) is 52.6 cm³/mol. The highest BCUT2D eigenvalue weighted by atomic mass is 16.4. The highest BCUT2D eigenvalue weighted by Gasteiger charge is 2.14. The summed E-state index contributed by atoms with van der Waals surface area (Å²) in [5.74, 6) is 0.0213. The summed E-state index contributed by atoms with van der Waals surface area (Å²) in [6.07, 6.45) is 8.27. The molecule has 1 saturated carbocycles. The van der Waals surface area contributed by atoms with Crippen LogP contribution in [0.1, 0.15) is 44.9 Å². The number of carbonyl (C=O) groups is 1. The molecule has 0 atom stereocenters. The van der Waals surface area contributed by atoms with Crippen molar-refractivity contribution < 1.29 is 9.90 Å². The highest BCUT2D eigenvalue weighted by Crippen LogP contribution is 2.29. The molecule has 0 radical (unpaired) electrons. The average molecular weight is 182 g/mol. The van der Waals surface area contributed by atoms with Gasteiger partial charge in [0.25, 0.3) is 0 Å². The van der Waals surface area contributed by atoms with Crippen LogP contribution < -0.4 is 0 Å². The molecule has 1 fully saturated rings. The second-order valence-electron chi connectivity index (χ2n) is 3.95. The van der Waals surface area contributed by atoms with Crippen LogP contribution in [0, 0.1) is 5.92 Å². The fourth-order valence-corrected chi connectivity index (χ4v) is 2.01. The van der Waals surface area contributed by atoms with E-state index in [2.05, 4.69) is 6.58 Å². The minimum Gasteiger partial charge on any atom is -0.478 e. The van der Waals surface area contributed by atoms with E-state index in [0.29, 0.717) is 12.0 Å². The molecule has 2 nitrogen and oxygen atoms in total.